The number of halogens is 1. The van der Waals surface area contributed by atoms with Gasteiger partial charge in [0.1, 0.15) is 5.82 Å². The molecule has 1 amide bonds. The van der Waals surface area contributed by atoms with E-state index in [1.165, 1.54) is 27.0 Å². The number of nitrogens with one attached hydrogen (secondary N) is 1. The van der Waals surface area contributed by atoms with Crippen molar-refractivity contribution in [1.29, 1.82) is 0 Å². The Labute approximate surface area is 122 Å². The number of ether oxygens (including phenoxy) is 2. The predicted molar refractivity (Wildman–Crippen MR) is 75.3 cm³/mol. The van der Waals surface area contributed by atoms with Crippen LogP contribution in [0.25, 0.3) is 0 Å². The molecule has 0 aliphatic heterocycles. The van der Waals surface area contributed by atoms with Gasteiger partial charge < -0.3 is 20.5 Å². The van der Waals surface area contributed by atoms with Gasteiger partial charge in [-0.05, 0) is 26.0 Å². The molecule has 0 saturated carbocycles. The van der Waals surface area contributed by atoms with Crippen molar-refractivity contribution in [2.75, 3.05) is 26.0 Å². The Bertz CT molecular complexity index is 511. The quantitative estimate of drug-likeness (QED) is 0.465. The maximum Gasteiger partial charge on any atom is 0.339 e. The maximum atomic E-state index is 13.5. The summed E-state index contributed by atoms with van der Waals surface area (Å²) in [7, 11) is 1.51. The van der Waals surface area contributed by atoms with Gasteiger partial charge in [0.15, 0.2) is 6.10 Å². The molecule has 0 radical (unpaired) electrons. The van der Waals surface area contributed by atoms with Gasteiger partial charge in [-0.25, -0.2) is 9.18 Å². The number of esters is 1. The van der Waals surface area contributed by atoms with E-state index in [-0.39, 0.29) is 16.8 Å². The van der Waals surface area contributed by atoms with E-state index in [0.29, 0.717) is 13.2 Å². The maximum absolute atomic E-state index is 13.5. The summed E-state index contributed by atoms with van der Waals surface area (Å²) in [5, 5.41) is 2.53. The Morgan fingerprint density at radius 2 is 2.10 bits per heavy atom. The van der Waals surface area contributed by atoms with Crippen LogP contribution in [0.1, 0.15) is 22.8 Å². The Balaban J connectivity index is 2.66. The second kappa shape index (κ2) is 7.58. The summed E-state index contributed by atoms with van der Waals surface area (Å²) in [5.74, 6) is -1.87. The van der Waals surface area contributed by atoms with E-state index >= 15 is 0 Å². The summed E-state index contributed by atoms with van der Waals surface area (Å²) in [6.07, 6.45) is -1.00. The Kier molecular flexibility index (Phi) is 6.10. The fourth-order valence-corrected chi connectivity index (χ4v) is 1.52. The highest BCUT2D eigenvalue weighted by Crippen LogP contribution is 2.18. The molecule has 0 fully saturated rings. The molecule has 1 atom stereocenters. The summed E-state index contributed by atoms with van der Waals surface area (Å²) >= 11 is 0. The molecule has 1 rings (SSSR count). The van der Waals surface area contributed by atoms with E-state index in [2.05, 4.69) is 5.32 Å². The number of carbonyl (C=O) groups is 2. The molecule has 0 bridgehead atoms. The summed E-state index contributed by atoms with van der Waals surface area (Å²) in [5.41, 5.74) is 5.97. The molecule has 7 heteroatoms. The van der Waals surface area contributed by atoms with Gasteiger partial charge in [-0.1, -0.05) is 0 Å². The van der Waals surface area contributed by atoms with Crippen molar-refractivity contribution >= 4 is 17.6 Å². The van der Waals surface area contributed by atoms with Crippen molar-refractivity contribution in [2.45, 2.75) is 20.0 Å². The molecule has 0 heterocycles. The lowest BCUT2D eigenvalue weighted by Gasteiger charge is -2.14. The molecule has 3 N–H and O–H groups in total. The zero-order chi connectivity index (χ0) is 16.0. The molecule has 116 valence electrons. The number of anilines is 1. The van der Waals surface area contributed by atoms with Crippen LogP contribution in [0, 0.1) is 12.7 Å². The zero-order valence-corrected chi connectivity index (χ0v) is 12.2. The number of hydrogen-bond donors (Lipinski definition) is 2. The molecular weight excluding hydrogens is 279 g/mol. The van der Waals surface area contributed by atoms with Gasteiger partial charge >= 0.3 is 5.97 Å². The first-order valence-corrected chi connectivity index (χ1v) is 6.40. The van der Waals surface area contributed by atoms with Crippen LogP contribution < -0.4 is 11.1 Å². The van der Waals surface area contributed by atoms with Gasteiger partial charge in [-0.2, -0.15) is 0 Å². The lowest BCUT2D eigenvalue weighted by molar-refractivity contribution is -0.129. The Morgan fingerprint density at radius 1 is 1.43 bits per heavy atom. The zero-order valence-electron chi connectivity index (χ0n) is 12.2. The lowest BCUT2D eigenvalue weighted by atomic mass is 10.1. The fourth-order valence-electron chi connectivity index (χ4n) is 1.52. The normalized spacial score (nSPS) is 11.8. The highest BCUT2D eigenvalue weighted by molar-refractivity contribution is 5.93. The minimum atomic E-state index is -1.00. The third-order valence-corrected chi connectivity index (χ3v) is 2.88. The van der Waals surface area contributed by atoms with Crippen LogP contribution >= 0.6 is 0 Å². The van der Waals surface area contributed by atoms with E-state index < -0.39 is 23.8 Å². The third-order valence-electron chi connectivity index (χ3n) is 2.88. The second-order valence-electron chi connectivity index (χ2n) is 4.50. The fraction of sp³-hybridized carbons (Fsp3) is 0.429. The number of amides is 1. The molecule has 1 aromatic rings. The number of benzene rings is 1. The number of rotatable bonds is 6. The third kappa shape index (κ3) is 4.71. The molecule has 6 nitrogen and oxygen atoms in total. The van der Waals surface area contributed by atoms with E-state index in [1.807, 2.05) is 0 Å². The molecule has 1 aromatic carbocycles. The van der Waals surface area contributed by atoms with Crippen LogP contribution in [-0.2, 0) is 14.3 Å². The molecule has 21 heavy (non-hydrogen) atoms. The van der Waals surface area contributed by atoms with E-state index in [9.17, 15) is 14.0 Å². The lowest BCUT2D eigenvalue weighted by Crippen LogP contribution is -2.37. The standard InChI is InChI=1S/C14H19FN2O4/c1-8-11(15)6-10(7-12(8)16)14(19)21-9(2)13(18)17-4-5-20-3/h6-7,9H,4-5,16H2,1-3H3,(H,17,18). The van der Waals surface area contributed by atoms with Crippen molar-refractivity contribution in [1.82, 2.24) is 5.32 Å². The monoisotopic (exact) mass is 298 g/mol. The van der Waals surface area contributed by atoms with Crippen molar-refractivity contribution in [3.63, 3.8) is 0 Å². The molecular formula is C14H19FN2O4. The van der Waals surface area contributed by atoms with E-state index in [1.54, 1.807) is 0 Å². The van der Waals surface area contributed by atoms with Gasteiger partial charge in [0.2, 0.25) is 0 Å². The smallest absolute Gasteiger partial charge is 0.339 e. The van der Waals surface area contributed by atoms with Crippen molar-refractivity contribution in [3.8, 4) is 0 Å². The topological polar surface area (TPSA) is 90.6 Å². The first-order chi connectivity index (χ1) is 9.86. The largest absolute Gasteiger partial charge is 0.449 e. The van der Waals surface area contributed by atoms with Crippen LogP contribution in [0.3, 0.4) is 0 Å². The summed E-state index contributed by atoms with van der Waals surface area (Å²) in [4.78, 5) is 23.5. The average Bonchev–Trinajstić information content (AvgIpc) is 2.44. The molecule has 1 unspecified atom stereocenters. The van der Waals surface area contributed by atoms with Gasteiger partial charge in [-0.15, -0.1) is 0 Å². The number of carbonyl (C=O) groups excluding carboxylic acids is 2. The first-order valence-electron chi connectivity index (χ1n) is 6.40. The van der Waals surface area contributed by atoms with Gasteiger partial charge in [0.25, 0.3) is 5.91 Å². The number of nitrogens with two attached hydrogens (primary N) is 1. The minimum absolute atomic E-state index is 0.0351. The SMILES string of the molecule is COCCNC(=O)C(C)OC(=O)c1cc(N)c(C)c(F)c1. The van der Waals surface area contributed by atoms with Gasteiger partial charge in [0.05, 0.1) is 12.2 Å². The molecule has 0 aromatic heterocycles. The minimum Gasteiger partial charge on any atom is -0.449 e. The van der Waals surface area contributed by atoms with E-state index in [0.717, 1.165) is 6.07 Å². The van der Waals surface area contributed by atoms with Gasteiger partial charge in [-0.3, -0.25) is 4.79 Å². The van der Waals surface area contributed by atoms with Gasteiger partial charge in [0, 0.05) is 24.9 Å². The second-order valence-corrected chi connectivity index (χ2v) is 4.50. The number of hydrogen-bond acceptors (Lipinski definition) is 5. The van der Waals surface area contributed by atoms with Crippen LogP contribution in [0.4, 0.5) is 10.1 Å². The summed E-state index contributed by atoms with van der Waals surface area (Å²) < 4.78 is 23.3. The van der Waals surface area contributed by atoms with Crippen LogP contribution in [0.5, 0.6) is 0 Å². The summed E-state index contributed by atoms with van der Waals surface area (Å²) in [6.45, 7) is 3.59. The molecule has 0 aliphatic carbocycles. The highest BCUT2D eigenvalue weighted by Gasteiger charge is 2.19. The van der Waals surface area contributed by atoms with Crippen molar-refractivity contribution in [2.24, 2.45) is 0 Å². The molecule has 0 saturated heterocycles. The van der Waals surface area contributed by atoms with Crippen molar-refractivity contribution in [3.05, 3.63) is 29.1 Å². The highest BCUT2D eigenvalue weighted by atomic mass is 19.1. The average molecular weight is 298 g/mol. The number of nitrogen functional groups attached to an aromatic ring is 1. The first kappa shape index (κ1) is 16.9. The molecule has 0 aliphatic rings. The predicted octanol–water partition coefficient (Wildman–Crippen LogP) is 1.02. The van der Waals surface area contributed by atoms with Crippen LogP contribution in [-0.4, -0.2) is 38.2 Å². The Morgan fingerprint density at radius 3 is 2.67 bits per heavy atom. The molecule has 0 spiro atoms. The van der Waals surface area contributed by atoms with E-state index in [4.69, 9.17) is 15.2 Å². The van der Waals surface area contributed by atoms with Crippen LogP contribution in [0.2, 0.25) is 0 Å². The van der Waals surface area contributed by atoms with Crippen LogP contribution in [0.15, 0.2) is 12.1 Å². The Hall–Kier alpha value is -2.15. The summed E-state index contributed by atoms with van der Waals surface area (Å²) in [6, 6.07) is 2.35. The number of methoxy groups -OCH3 is 1. The van der Waals surface area contributed by atoms with Crippen molar-refractivity contribution < 1.29 is 23.5 Å².